The van der Waals surface area contributed by atoms with Crippen molar-refractivity contribution in [3.05, 3.63) is 35.9 Å². The summed E-state index contributed by atoms with van der Waals surface area (Å²) in [6.45, 7) is 3.19. The molecule has 25 heavy (non-hydrogen) atoms. The molecule has 0 aromatic heterocycles. The monoisotopic (exact) mass is 344 g/mol. The van der Waals surface area contributed by atoms with Crippen LogP contribution in [0.15, 0.2) is 30.3 Å². The predicted molar refractivity (Wildman–Crippen MR) is 95.8 cm³/mol. The van der Waals surface area contributed by atoms with Crippen LogP contribution < -0.4 is 0 Å². The van der Waals surface area contributed by atoms with Crippen molar-refractivity contribution in [2.45, 2.75) is 44.6 Å². The lowest BCUT2D eigenvalue weighted by Crippen LogP contribution is -2.44. The van der Waals surface area contributed by atoms with Crippen molar-refractivity contribution in [1.29, 1.82) is 0 Å². The number of benzene rings is 1. The van der Waals surface area contributed by atoms with E-state index in [1.54, 1.807) is 0 Å². The summed E-state index contributed by atoms with van der Waals surface area (Å²) in [5.41, 5.74) is 0.786. The largest absolute Gasteiger partial charge is 0.388 e. The Morgan fingerprint density at radius 1 is 1.12 bits per heavy atom. The highest BCUT2D eigenvalue weighted by Crippen LogP contribution is 2.23. The first kappa shape index (κ1) is 17.9. The van der Waals surface area contributed by atoms with Crippen molar-refractivity contribution >= 4 is 11.8 Å². The van der Waals surface area contributed by atoms with Crippen LogP contribution in [0.4, 0.5) is 0 Å². The van der Waals surface area contributed by atoms with Gasteiger partial charge in [0, 0.05) is 32.6 Å². The zero-order chi connectivity index (χ0) is 17.6. The van der Waals surface area contributed by atoms with Crippen LogP contribution in [0.25, 0.3) is 0 Å². The van der Waals surface area contributed by atoms with Gasteiger partial charge in [0.05, 0.1) is 12.5 Å². The summed E-state index contributed by atoms with van der Waals surface area (Å²) >= 11 is 0. The molecular formula is C20H28N2O3. The molecule has 0 spiro atoms. The number of aliphatic hydroxyl groups excluding tert-OH is 1. The van der Waals surface area contributed by atoms with E-state index in [9.17, 15) is 14.7 Å². The molecule has 5 heteroatoms. The number of aliphatic hydroxyl groups is 1. The van der Waals surface area contributed by atoms with Crippen molar-refractivity contribution in [2.75, 3.05) is 26.2 Å². The smallest absolute Gasteiger partial charge is 0.225 e. The van der Waals surface area contributed by atoms with Gasteiger partial charge in [0.2, 0.25) is 11.8 Å². The van der Waals surface area contributed by atoms with E-state index in [-0.39, 0.29) is 18.2 Å². The topological polar surface area (TPSA) is 60.9 Å². The van der Waals surface area contributed by atoms with Gasteiger partial charge in [0.1, 0.15) is 0 Å². The lowest BCUT2D eigenvalue weighted by Gasteiger charge is -2.36. The Morgan fingerprint density at radius 2 is 1.84 bits per heavy atom. The fourth-order valence-corrected chi connectivity index (χ4v) is 3.82. The minimum atomic E-state index is -0.739. The number of likely N-dealkylation sites (tertiary alicyclic amines) is 2. The van der Waals surface area contributed by atoms with Crippen molar-refractivity contribution < 1.29 is 14.7 Å². The van der Waals surface area contributed by atoms with Gasteiger partial charge in [-0.05, 0) is 37.2 Å². The number of hydrogen-bond acceptors (Lipinski definition) is 3. The third kappa shape index (κ3) is 4.82. The fourth-order valence-electron chi connectivity index (χ4n) is 3.82. The molecule has 2 heterocycles. The first-order valence-electron chi connectivity index (χ1n) is 9.42. The number of hydrogen-bond donors (Lipinski definition) is 1. The highest BCUT2D eigenvalue weighted by atomic mass is 16.3. The molecule has 3 rings (SSSR count). The molecule has 2 saturated heterocycles. The zero-order valence-electron chi connectivity index (χ0n) is 14.8. The first-order valence-corrected chi connectivity index (χ1v) is 9.42. The van der Waals surface area contributed by atoms with Crippen LogP contribution in [0.3, 0.4) is 0 Å². The number of carbonyl (C=O) groups excluding carboxylic acids is 2. The molecule has 1 unspecified atom stereocenters. The summed E-state index contributed by atoms with van der Waals surface area (Å²) < 4.78 is 0. The molecular weight excluding hydrogens is 316 g/mol. The highest BCUT2D eigenvalue weighted by Gasteiger charge is 2.27. The molecule has 1 N–H and O–H groups in total. The van der Waals surface area contributed by atoms with Crippen molar-refractivity contribution in [1.82, 2.24) is 9.80 Å². The Morgan fingerprint density at radius 3 is 2.52 bits per heavy atom. The van der Waals surface area contributed by atoms with Gasteiger partial charge in [-0.15, -0.1) is 0 Å². The van der Waals surface area contributed by atoms with E-state index in [1.807, 2.05) is 40.1 Å². The second-order valence-corrected chi connectivity index (χ2v) is 7.25. The van der Waals surface area contributed by atoms with E-state index >= 15 is 0 Å². The van der Waals surface area contributed by atoms with Gasteiger partial charge in [-0.1, -0.05) is 30.3 Å². The molecule has 0 radical (unpaired) electrons. The second-order valence-electron chi connectivity index (χ2n) is 7.25. The average molecular weight is 344 g/mol. The van der Waals surface area contributed by atoms with E-state index in [0.717, 1.165) is 57.4 Å². The Bertz CT molecular complexity index is 582. The van der Waals surface area contributed by atoms with E-state index in [2.05, 4.69) is 0 Å². The Hall–Kier alpha value is -1.88. The maximum Gasteiger partial charge on any atom is 0.225 e. The van der Waals surface area contributed by atoms with Gasteiger partial charge in [-0.2, -0.15) is 0 Å². The van der Waals surface area contributed by atoms with Crippen LogP contribution >= 0.6 is 0 Å². The quantitative estimate of drug-likeness (QED) is 0.892. The molecule has 0 bridgehead atoms. The number of nitrogens with zero attached hydrogens (tertiary/aromatic N) is 2. The van der Waals surface area contributed by atoms with E-state index < -0.39 is 6.10 Å². The minimum absolute atomic E-state index is 0.0175. The fraction of sp³-hybridized carbons (Fsp3) is 0.600. The minimum Gasteiger partial charge on any atom is -0.388 e. The van der Waals surface area contributed by atoms with Gasteiger partial charge in [-0.3, -0.25) is 9.59 Å². The van der Waals surface area contributed by atoms with Gasteiger partial charge in [0.25, 0.3) is 0 Å². The maximum absolute atomic E-state index is 12.4. The summed E-state index contributed by atoms with van der Waals surface area (Å²) in [5, 5.41) is 10.2. The van der Waals surface area contributed by atoms with Gasteiger partial charge in [-0.25, -0.2) is 0 Å². The van der Waals surface area contributed by atoms with Gasteiger partial charge >= 0.3 is 0 Å². The maximum atomic E-state index is 12.4. The summed E-state index contributed by atoms with van der Waals surface area (Å²) in [5.74, 6) is 0.796. The standard InChI is InChI=1S/C20H28N2O3/c23-18(17-6-2-1-3-7-17)14-20(25)21-12-9-16(10-13-21)15-22-11-5-4-8-19(22)24/h1-3,6-7,16,18,23H,4-5,8-15H2. The molecule has 5 nitrogen and oxygen atoms in total. The molecule has 0 aliphatic carbocycles. The third-order valence-electron chi connectivity index (χ3n) is 5.42. The van der Waals surface area contributed by atoms with Crippen molar-refractivity contribution in [3.8, 4) is 0 Å². The van der Waals surface area contributed by atoms with Crippen LogP contribution in [0.1, 0.15) is 50.2 Å². The molecule has 2 amide bonds. The molecule has 2 aliphatic heterocycles. The Balaban J connectivity index is 1.43. The second kappa shape index (κ2) is 8.48. The van der Waals surface area contributed by atoms with Crippen LogP contribution in [-0.4, -0.2) is 52.9 Å². The molecule has 0 saturated carbocycles. The molecule has 1 atom stereocenters. The summed E-state index contributed by atoms with van der Waals surface area (Å²) in [4.78, 5) is 28.2. The molecule has 1 aromatic carbocycles. The van der Waals surface area contributed by atoms with Crippen LogP contribution in [0.5, 0.6) is 0 Å². The first-order chi connectivity index (χ1) is 12.1. The van der Waals surface area contributed by atoms with Crippen LogP contribution in [-0.2, 0) is 9.59 Å². The van der Waals surface area contributed by atoms with Crippen molar-refractivity contribution in [2.24, 2.45) is 5.92 Å². The summed E-state index contributed by atoms with van der Waals surface area (Å²) in [6, 6.07) is 9.34. The molecule has 1 aromatic rings. The van der Waals surface area contributed by atoms with E-state index in [4.69, 9.17) is 0 Å². The summed E-state index contributed by atoms with van der Waals surface area (Å²) in [6.07, 6.45) is 4.10. The van der Waals surface area contributed by atoms with Gasteiger partial charge < -0.3 is 14.9 Å². The number of carbonyl (C=O) groups is 2. The van der Waals surface area contributed by atoms with Gasteiger partial charge in [0.15, 0.2) is 0 Å². The molecule has 2 aliphatic rings. The van der Waals surface area contributed by atoms with Crippen LogP contribution in [0.2, 0.25) is 0 Å². The average Bonchev–Trinajstić information content (AvgIpc) is 2.65. The molecule has 2 fully saturated rings. The number of piperidine rings is 2. The Labute approximate surface area is 149 Å². The Kier molecular flexibility index (Phi) is 6.08. The van der Waals surface area contributed by atoms with Crippen LogP contribution in [0, 0.1) is 5.92 Å². The number of rotatable bonds is 5. The number of amides is 2. The molecule has 136 valence electrons. The van der Waals surface area contributed by atoms with E-state index in [0.29, 0.717) is 12.3 Å². The van der Waals surface area contributed by atoms with E-state index in [1.165, 1.54) is 0 Å². The lowest BCUT2D eigenvalue weighted by molar-refractivity contribution is -0.137. The third-order valence-corrected chi connectivity index (χ3v) is 5.42. The summed E-state index contributed by atoms with van der Waals surface area (Å²) in [7, 11) is 0. The zero-order valence-corrected chi connectivity index (χ0v) is 14.8. The highest BCUT2D eigenvalue weighted by molar-refractivity contribution is 5.77. The predicted octanol–water partition coefficient (Wildman–Crippen LogP) is 2.36. The normalized spacial score (nSPS) is 20.6. The van der Waals surface area contributed by atoms with Crippen molar-refractivity contribution in [3.63, 3.8) is 0 Å². The lowest BCUT2D eigenvalue weighted by atomic mass is 9.94. The SMILES string of the molecule is O=C(CC(O)c1ccccc1)N1CCC(CN2CCCCC2=O)CC1.